The Balaban J connectivity index is 1.19. The molecule has 1 N–H and O–H groups in total. The van der Waals surface area contributed by atoms with Gasteiger partial charge in [-0.1, -0.05) is 117 Å². The van der Waals surface area contributed by atoms with E-state index >= 15 is 4.79 Å². The summed E-state index contributed by atoms with van der Waals surface area (Å²) < 4.78 is 13.0. The first-order chi connectivity index (χ1) is 28.8. The Morgan fingerprint density at radius 1 is 0.627 bits per heavy atom. The predicted octanol–water partition coefficient (Wildman–Crippen LogP) is 9.43. The second kappa shape index (κ2) is 19.8. The zero-order valence-electron chi connectivity index (χ0n) is 34.1. The van der Waals surface area contributed by atoms with Crippen molar-refractivity contribution in [3.8, 4) is 11.5 Å². The fourth-order valence-electron chi connectivity index (χ4n) is 7.01. The Morgan fingerprint density at radius 2 is 1.17 bits per heavy atom. The van der Waals surface area contributed by atoms with Crippen molar-refractivity contribution >= 4 is 23.2 Å². The lowest BCUT2D eigenvalue weighted by Crippen LogP contribution is -2.44. The Labute approximate surface area is 347 Å². The molecule has 0 radical (unpaired) electrons. The van der Waals surface area contributed by atoms with Gasteiger partial charge in [0.2, 0.25) is 0 Å². The molecule has 0 atom stereocenters. The van der Waals surface area contributed by atoms with Crippen LogP contribution in [-0.4, -0.2) is 49.9 Å². The Morgan fingerprint density at radius 3 is 1.73 bits per heavy atom. The molecule has 9 heteroatoms. The fourth-order valence-corrected chi connectivity index (χ4v) is 7.01. The highest BCUT2D eigenvalue weighted by Crippen LogP contribution is 2.37. The summed E-state index contributed by atoms with van der Waals surface area (Å²) in [5, 5.41) is 0. The minimum Gasteiger partial charge on any atom is -0.488 e. The molecule has 0 bridgehead atoms. The van der Waals surface area contributed by atoms with Gasteiger partial charge in [0.05, 0.1) is 18.7 Å². The first-order valence-electron chi connectivity index (χ1n) is 20.2. The molecule has 0 unspecified atom stereocenters. The molecule has 0 saturated carbocycles. The maximum absolute atomic E-state index is 15.2. The zero-order valence-corrected chi connectivity index (χ0v) is 34.1. The van der Waals surface area contributed by atoms with E-state index in [0.29, 0.717) is 29.2 Å². The summed E-state index contributed by atoms with van der Waals surface area (Å²) >= 11 is 0. The first-order valence-corrected chi connectivity index (χ1v) is 20.2. The number of hydroxylamine groups is 1. The second-order valence-electron chi connectivity index (χ2n) is 15.2. The molecule has 7 rings (SSSR count). The van der Waals surface area contributed by atoms with Gasteiger partial charge in [0.25, 0.3) is 11.8 Å². The van der Waals surface area contributed by atoms with Gasteiger partial charge in [-0.15, -0.1) is 0 Å². The maximum atomic E-state index is 15.2. The number of anilines is 2. The number of likely N-dealkylation sites (N-methyl/N-ethyl adjacent to an activating group) is 1. The summed E-state index contributed by atoms with van der Waals surface area (Å²) in [5.41, 5.74) is 10.0. The number of hydrogen-bond donors (Lipinski definition) is 1. The van der Waals surface area contributed by atoms with E-state index in [-0.39, 0.29) is 37.5 Å². The first kappa shape index (κ1) is 40.8. The average molecular weight is 789 g/mol. The third-order valence-corrected chi connectivity index (χ3v) is 10.5. The molecule has 2 amide bonds. The van der Waals surface area contributed by atoms with Crippen LogP contribution in [0.1, 0.15) is 68.3 Å². The molecule has 0 aromatic heterocycles. The van der Waals surface area contributed by atoms with Crippen LogP contribution in [0.2, 0.25) is 0 Å². The van der Waals surface area contributed by atoms with E-state index in [1.165, 1.54) is 0 Å². The number of nitrogens with one attached hydrogen (secondary N) is 1. The quantitative estimate of drug-likeness (QED) is 0.0979. The van der Waals surface area contributed by atoms with E-state index in [1.807, 2.05) is 127 Å². The maximum Gasteiger partial charge on any atom is 0.274 e. The highest BCUT2D eigenvalue weighted by atomic mass is 16.6. The van der Waals surface area contributed by atoms with Crippen LogP contribution in [0.4, 0.5) is 11.4 Å². The highest BCUT2D eigenvalue weighted by molar-refractivity contribution is 6.08. The Kier molecular flexibility index (Phi) is 13.7. The number of hydrogen-bond acceptors (Lipinski definition) is 7. The Bertz CT molecular complexity index is 2260. The molecule has 1 fully saturated rings. The molecule has 1 saturated heterocycles. The topological polar surface area (TPSA) is 83.6 Å². The molecule has 0 aliphatic carbocycles. The third-order valence-electron chi connectivity index (χ3n) is 10.5. The van der Waals surface area contributed by atoms with E-state index in [2.05, 4.69) is 48.3 Å². The summed E-state index contributed by atoms with van der Waals surface area (Å²) in [7, 11) is 2.15. The number of carbonyl (C=O) groups is 2. The average Bonchev–Trinajstić information content (AvgIpc) is 3.28. The minimum atomic E-state index is -0.351. The molecule has 302 valence electrons. The van der Waals surface area contributed by atoms with Crippen LogP contribution in [0.15, 0.2) is 152 Å². The van der Waals surface area contributed by atoms with Gasteiger partial charge in [0.1, 0.15) is 24.7 Å². The molecule has 1 aliphatic rings. The van der Waals surface area contributed by atoms with Crippen LogP contribution in [-0.2, 0) is 31.2 Å². The summed E-state index contributed by atoms with van der Waals surface area (Å²) in [6.45, 7) is 9.23. The molecule has 1 heterocycles. The molecule has 1 aliphatic heterocycles. The molecule has 0 spiro atoms. The van der Waals surface area contributed by atoms with Gasteiger partial charge in [0.15, 0.2) is 0 Å². The van der Waals surface area contributed by atoms with Crippen molar-refractivity contribution in [3.05, 3.63) is 191 Å². The summed E-state index contributed by atoms with van der Waals surface area (Å²) in [4.78, 5) is 40.1. The van der Waals surface area contributed by atoms with Crippen LogP contribution in [0, 0.1) is 0 Å². The van der Waals surface area contributed by atoms with Crippen molar-refractivity contribution in [1.29, 1.82) is 0 Å². The highest BCUT2D eigenvalue weighted by Gasteiger charge is 2.26. The summed E-state index contributed by atoms with van der Waals surface area (Å²) in [6.07, 6.45) is 0. The van der Waals surface area contributed by atoms with Crippen molar-refractivity contribution in [2.75, 3.05) is 43.0 Å². The molecule has 59 heavy (non-hydrogen) atoms. The van der Waals surface area contributed by atoms with Crippen molar-refractivity contribution < 1.29 is 23.9 Å². The van der Waals surface area contributed by atoms with E-state index in [9.17, 15) is 4.79 Å². The van der Waals surface area contributed by atoms with Crippen molar-refractivity contribution in [2.45, 2.75) is 46.1 Å². The van der Waals surface area contributed by atoms with Crippen LogP contribution in [0.5, 0.6) is 11.5 Å². The molecule has 9 nitrogen and oxygen atoms in total. The number of nitrogens with zero attached hydrogens (tertiary/aromatic N) is 3. The van der Waals surface area contributed by atoms with Gasteiger partial charge in [-0.05, 0) is 83.2 Å². The van der Waals surface area contributed by atoms with Crippen LogP contribution < -0.4 is 24.8 Å². The van der Waals surface area contributed by atoms with E-state index < -0.39 is 0 Å². The Hall–Kier alpha value is -6.42. The van der Waals surface area contributed by atoms with E-state index in [0.717, 1.165) is 65.4 Å². The van der Waals surface area contributed by atoms with E-state index in [4.69, 9.17) is 14.3 Å². The molecule has 6 aromatic rings. The number of piperazine rings is 1. The zero-order chi connectivity index (χ0) is 41.0. The third kappa shape index (κ3) is 11.0. The molecular weight excluding hydrogens is 737 g/mol. The van der Waals surface area contributed by atoms with E-state index in [1.54, 1.807) is 17.0 Å². The molecule has 6 aromatic carbocycles. The lowest BCUT2D eigenvalue weighted by Gasteiger charge is -2.34. The van der Waals surface area contributed by atoms with Gasteiger partial charge in [-0.2, -0.15) is 0 Å². The normalized spacial score (nSPS) is 12.9. The van der Waals surface area contributed by atoms with Gasteiger partial charge in [-0.3, -0.25) is 14.4 Å². The fraction of sp³-hybridized carbons (Fsp3) is 0.240. The number of amides is 2. The standard InChI is InChI=1S/C50H52N4O5/c1-37(2)45-31-46(48(58-35-40-15-9-5-10-16-40)32-47(45)57-34-39-13-7-4-8-14-39)50(56)54(44-25-23-43(24-26-44)53-29-27-52(3)28-30-53)33-38-19-21-42(22-20-38)49(55)51-59-36-41-17-11-6-12-18-41/h4-26,31-32,37H,27-30,33-36H2,1-3H3,(H,51,55). The number of benzene rings is 6. The number of ether oxygens (including phenoxy) is 2. The van der Waals surface area contributed by atoms with Crippen LogP contribution in [0.3, 0.4) is 0 Å². The van der Waals surface area contributed by atoms with Crippen molar-refractivity contribution in [3.63, 3.8) is 0 Å². The van der Waals surface area contributed by atoms with Crippen molar-refractivity contribution in [1.82, 2.24) is 10.4 Å². The summed E-state index contributed by atoms with van der Waals surface area (Å²) in [6, 6.07) is 48.9. The van der Waals surface area contributed by atoms with Crippen LogP contribution >= 0.6 is 0 Å². The largest absolute Gasteiger partial charge is 0.488 e. The lowest BCUT2D eigenvalue weighted by atomic mass is 9.97. The smallest absolute Gasteiger partial charge is 0.274 e. The molecular formula is C50H52N4O5. The minimum absolute atomic E-state index is 0.0576. The predicted molar refractivity (Wildman–Crippen MR) is 234 cm³/mol. The van der Waals surface area contributed by atoms with Gasteiger partial charge in [-0.25, -0.2) is 5.48 Å². The van der Waals surface area contributed by atoms with Gasteiger partial charge < -0.3 is 24.2 Å². The van der Waals surface area contributed by atoms with Crippen LogP contribution in [0.25, 0.3) is 0 Å². The number of carbonyl (C=O) groups excluding carboxylic acids is 2. The van der Waals surface area contributed by atoms with Gasteiger partial charge >= 0.3 is 0 Å². The monoisotopic (exact) mass is 788 g/mol. The number of rotatable bonds is 16. The lowest BCUT2D eigenvalue weighted by molar-refractivity contribution is 0.0233. The van der Waals surface area contributed by atoms with Gasteiger partial charge in [0, 0.05) is 49.2 Å². The summed E-state index contributed by atoms with van der Waals surface area (Å²) in [5.74, 6) is 0.604. The van der Waals surface area contributed by atoms with Crippen molar-refractivity contribution in [2.24, 2.45) is 0 Å². The second-order valence-corrected chi connectivity index (χ2v) is 15.2. The SMILES string of the molecule is CC(C)c1cc(C(=O)N(Cc2ccc(C(=O)NOCc3ccccc3)cc2)c2ccc(N3CCN(C)CC3)cc2)c(OCc2ccccc2)cc1OCc1ccccc1.